The Morgan fingerprint density at radius 3 is 2.58 bits per heavy atom. The topological polar surface area (TPSA) is 106 Å². The summed E-state index contributed by atoms with van der Waals surface area (Å²) in [5.41, 5.74) is 8.55. The van der Waals surface area contributed by atoms with Crippen molar-refractivity contribution in [1.82, 2.24) is 15.1 Å². The molecule has 0 bridgehead atoms. The zero-order chi connectivity index (χ0) is 22.4. The minimum atomic E-state index is -0.634. The molecule has 1 aromatic heterocycles. The van der Waals surface area contributed by atoms with Gasteiger partial charge >= 0.3 is 0 Å². The lowest BCUT2D eigenvalue weighted by Crippen LogP contribution is -2.36. The summed E-state index contributed by atoms with van der Waals surface area (Å²) < 4.78 is 20.2. The van der Waals surface area contributed by atoms with Crippen LogP contribution in [0.25, 0.3) is 5.69 Å². The van der Waals surface area contributed by atoms with Crippen molar-refractivity contribution in [3.63, 3.8) is 0 Å². The van der Waals surface area contributed by atoms with Crippen LogP contribution >= 0.6 is 0 Å². The summed E-state index contributed by atoms with van der Waals surface area (Å²) in [7, 11) is 0. The third-order valence-corrected chi connectivity index (χ3v) is 4.77. The smallest absolute Gasteiger partial charge is 0.260 e. The highest BCUT2D eigenvalue weighted by atomic mass is 19.1. The van der Waals surface area contributed by atoms with Crippen molar-refractivity contribution < 1.29 is 13.9 Å². The fourth-order valence-corrected chi connectivity index (χ4v) is 3.04. The van der Waals surface area contributed by atoms with Gasteiger partial charge in [-0.25, -0.2) is 9.07 Å². The molecule has 7 nitrogen and oxygen atoms in total. The minimum absolute atomic E-state index is 0.202. The van der Waals surface area contributed by atoms with E-state index in [1.165, 1.54) is 16.8 Å². The van der Waals surface area contributed by atoms with E-state index in [9.17, 15) is 14.4 Å². The van der Waals surface area contributed by atoms with Crippen LogP contribution in [-0.2, 0) is 11.2 Å². The summed E-state index contributed by atoms with van der Waals surface area (Å²) in [6.07, 6.45) is 0.387. The number of rotatable bonds is 8. The summed E-state index contributed by atoms with van der Waals surface area (Å²) in [4.78, 5) is 12.3. The van der Waals surface area contributed by atoms with E-state index < -0.39 is 6.10 Å². The van der Waals surface area contributed by atoms with Gasteiger partial charge < -0.3 is 15.8 Å². The summed E-state index contributed by atoms with van der Waals surface area (Å²) in [6, 6.07) is 15.3. The highest BCUT2D eigenvalue weighted by Crippen LogP contribution is 2.21. The molecular formula is C23H24FN5O2. The highest BCUT2D eigenvalue weighted by molar-refractivity contribution is 5.80. The van der Waals surface area contributed by atoms with Crippen molar-refractivity contribution in [2.75, 3.05) is 12.3 Å². The van der Waals surface area contributed by atoms with Crippen LogP contribution < -0.4 is 15.8 Å². The van der Waals surface area contributed by atoms with Crippen molar-refractivity contribution in [2.24, 2.45) is 0 Å². The highest BCUT2D eigenvalue weighted by Gasteiger charge is 2.17. The van der Waals surface area contributed by atoms with E-state index in [2.05, 4.69) is 16.5 Å². The molecule has 0 aliphatic heterocycles. The Balaban J connectivity index is 1.54. The molecule has 1 atom stereocenters. The number of hydrogen-bond donors (Lipinski definition) is 2. The zero-order valence-electron chi connectivity index (χ0n) is 17.4. The molecule has 0 saturated carbocycles. The first-order valence-corrected chi connectivity index (χ1v) is 9.93. The maximum atomic E-state index is 13.2. The Kier molecular flexibility index (Phi) is 6.88. The molecule has 1 amide bonds. The molecule has 0 aliphatic carbocycles. The Morgan fingerprint density at radius 1 is 1.26 bits per heavy atom. The van der Waals surface area contributed by atoms with Crippen molar-refractivity contribution in [2.45, 2.75) is 32.8 Å². The van der Waals surface area contributed by atoms with Gasteiger partial charge in [-0.05, 0) is 63.1 Å². The Hall–Kier alpha value is -3.86. The monoisotopic (exact) mass is 421 g/mol. The summed E-state index contributed by atoms with van der Waals surface area (Å²) in [5.74, 6) is 0.242. The van der Waals surface area contributed by atoms with Crippen molar-refractivity contribution >= 4 is 11.7 Å². The van der Waals surface area contributed by atoms with Crippen LogP contribution in [0.1, 0.15) is 30.2 Å². The standard InChI is InChI=1S/C23H24FN5O2/c1-15-5-11-19(12-6-15)31-16(2)23(30)27-13-3-4-21-20(14-25)22(26)29(28-21)18-9-7-17(24)8-10-18/h5-12,16H,3-4,13,26H2,1-2H3,(H,27,30). The third-order valence-electron chi connectivity index (χ3n) is 4.77. The number of anilines is 1. The third kappa shape index (κ3) is 5.39. The first-order valence-electron chi connectivity index (χ1n) is 9.93. The van der Waals surface area contributed by atoms with E-state index >= 15 is 0 Å². The van der Waals surface area contributed by atoms with Crippen molar-refractivity contribution in [3.05, 3.63) is 71.2 Å². The van der Waals surface area contributed by atoms with Gasteiger partial charge in [0.2, 0.25) is 0 Å². The van der Waals surface area contributed by atoms with E-state index in [1.807, 2.05) is 31.2 Å². The number of carbonyl (C=O) groups excluding carboxylic acids is 1. The molecule has 3 aromatic rings. The first kappa shape index (κ1) is 21.8. The molecule has 3 N–H and O–H groups in total. The minimum Gasteiger partial charge on any atom is -0.481 e. The number of nitriles is 1. The van der Waals surface area contributed by atoms with Gasteiger partial charge in [0, 0.05) is 6.54 Å². The van der Waals surface area contributed by atoms with Crippen LogP contribution in [0.2, 0.25) is 0 Å². The fraction of sp³-hybridized carbons (Fsp3) is 0.261. The zero-order valence-corrected chi connectivity index (χ0v) is 17.4. The fourth-order valence-electron chi connectivity index (χ4n) is 3.04. The van der Waals surface area contributed by atoms with Gasteiger partial charge in [-0.3, -0.25) is 4.79 Å². The average Bonchev–Trinajstić information content (AvgIpc) is 3.08. The Labute approximate surface area is 180 Å². The normalized spacial score (nSPS) is 11.5. The second-order valence-corrected chi connectivity index (χ2v) is 7.17. The number of nitrogens with one attached hydrogen (secondary N) is 1. The van der Waals surface area contributed by atoms with E-state index in [4.69, 9.17) is 10.5 Å². The van der Waals surface area contributed by atoms with Gasteiger partial charge in [-0.15, -0.1) is 0 Å². The molecule has 3 rings (SSSR count). The van der Waals surface area contributed by atoms with Gasteiger partial charge in [-0.1, -0.05) is 17.7 Å². The molecular weight excluding hydrogens is 397 g/mol. The predicted molar refractivity (Wildman–Crippen MR) is 115 cm³/mol. The van der Waals surface area contributed by atoms with E-state index in [-0.39, 0.29) is 23.1 Å². The number of nitrogen functional groups attached to an aromatic ring is 1. The van der Waals surface area contributed by atoms with Gasteiger partial charge in [0.15, 0.2) is 6.10 Å². The summed E-state index contributed by atoms with van der Waals surface area (Å²) in [5, 5.41) is 16.7. The lowest BCUT2D eigenvalue weighted by atomic mass is 10.1. The van der Waals surface area contributed by atoms with Gasteiger partial charge in [0.1, 0.15) is 29.0 Å². The van der Waals surface area contributed by atoms with E-state index in [0.29, 0.717) is 36.5 Å². The summed E-state index contributed by atoms with van der Waals surface area (Å²) in [6.45, 7) is 4.07. The quantitative estimate of drug-likeness (QED) is 0.543. The predicted octanol–water partition coefficient (Wildman–Crippen LogP) is 3.29. The number of nitrogens with two attached hydrogens (primary N) is 1. The van der Waals surface area contributed by atoms with Gasteiger partial charge in [-0.2, -0.15) is 10.4 Å². The van der Waals surface area contributed by atoms with Crippen LogP contribution in [0.5, 0.6) is 5.75 Å². The van der Waals surface area contributed by atoms with Crippen LogP contribution in [0, 0.1) is 24.1 Å². The van der Waals surface area contributed by atoms with Crippen molar-refractivity contribution in [3.8, 4) is 17.5 Å². The second kappa shape index (κ2) is 9.76. The van der Waals surface area contributed by atoms with E-state index in [1.54, 1.807) is 19.1 Å². The molecule has 8 heteroatoms. The lowest BCUT2D eigenvalue weighted by molar-refractivity contribution is -0.127. The van der Waals surface area contributed by atoms with Crippen molar-refractivity contribution in [1.29, 1.82) is 5.26 Å². The number of ether oxygens (including phenoxy) is 1. The van der Waals surface area contributed by atoms with Crippen LogP contribution in [-0.4, -0.2) is 28.3 Å². The number of benzene rings is 2. The average molecular weight is 421 g/mol. The maximum Gasteiger partial charge on any atom is 0.260 e. The molecule has 0 fully saturated rings. The summed E-state index contributed by atoms with van der Waals surface area (Å²) >= 11 is 0. The molecule has 0 spiro atoms. The van der Waals surface area contributed by atoms with Crippen LogP contribution in [0.4, 0.5) is 10.2 Å². The number of aryl methyl sites for hydroxylation is 2. The second-order valence-electron chi connectivity index (χ2n) is 7.17. The van der Waals surface area contributed by atoms with Crippen LogP contribution in [0.15, 0.2) is 48.5 Å². The number of amides is 1. The molecule has 1 heterocycles. The molecule has 160 valence electrons. The Morgan fingerprint density at radius 2 is 1.94 bits per heavy atom. The number of halogens is 1. The molecule has 0 saturated heterocycles. The number of hydrogen-bond acceptors (Lipinski definition) is 5. The lowest BCUT2D eigenvalue weighted by Gasteiger charge is -2.14. The van der Waals surface area contributed by atoms with Gasteiger partial charge in [0.25, 0.3) is 5.91 Å². The van der Waals surface area contributed by atoms with E-state index in [0.717, 1.165) is 5.56 Å². The van der Waals surface area contributed by atoms with Gasteiger partial charge in [0.05, 0.1) is 11.4 Å². The largest absolute Gasteiger partial charge is 0.481 e. The first-order chi connectivity index (χ1) is 14.9. The molecule has 0 aliphatic rings. The Bertz CT molecular complexity index is 1080. The number of aromatic nitrogens is 2. The maximum absolute atomic E-state index is 13.2. The SMILES string of the molecule is Cc1ccc(OC(C)C(=O)NCCCc2nn(-c3ccc(F)cc3)c(N)c2C#N)cc1. The number of nitrogens with zero attached hydrogens (tertiary/aromatic N) is 3. The molecule has 0 radical (unpaired) electrons. The number of carbonyl (C=O) groups is 1. The molecule has 31 heavy (non-hydrogen) atoms. The molecule has 1 unspecified atom stereocenters. The van der Waals surface area contributed by atoms with Crippen LogP contribution in [0.3, 0.4) is 0 Å². The molecule has 2 aromatic carbocycles.